The molecule has 0 aromatic carbocycles. The van der Waals surface area contributed by atoms with Crippen molar-refractivity contribution in [3.8, 4) is 6.07 Å². The van der Waals surface area contributed by atoms with Gasteiger partial charge >= 0.3 is 12.1 Å². The molecule has 0 spiro atoms. The van der Waals surface area contributed by atoms with Crippen molar-refractivity contribution in [3.05, 3.63) is 0 Å². The highest BCUT2D eigenvalue weighted by molar-refractivity contribution is 5.92. The van der Waals surface area contributed by atoms with Crippen molar-refractivity contribution in [3.63, 3.8) is 0 Å². The highest BCUT2D eigenvalue weighted by atomic mass is 19.4. The number of hydrogen-bond acceptors (Lipinski definition) is 6. The van der Waals surface area contributed by atoms with Crippen LogP contribution in [0.4, 0.5) is 13.2 Å². The van der Waals surface area contributed by atoms with Gasteiger partial charge in [-0.05, 0) is 62.7 Å². The van der Waals surface area contributed by atoms with E-state index in [1.165, 1.54) is 20.8 Å². The summed E-state index contributed by atoms with van der Waals surface area (Å²) in [5.41, 5.74) is -3.08. The van der Waals surface area contributed by atoms with Crippen LogP contribution in [0.2, 0.25) is 0 Å². The third-order valence-electron chi connectivity index (χ3n) is 7.88. The number of piperidine rings is 1. The number of nitriles is 1. The molecule has 0 bridgehead atoms. The Kier molecular flexibility index (Phi) is 9.54. The summed E-state index contributed by atoms with van der Waals surface area (Å²) >= 11 is 0. The Hall–Kier alpha value is -2.68. The number of rotatable bonds is 11. The van der Waals surface area contributed by atoms with Crippen LogP contribution in [0.5, 0.6) is 0 Å². The van der Waals surface area contributed by atoms with E-state index in [1.807, 2.05) is 27.7 Å². The van der Waals surface area contributed by atoms with Crippen molar-refractivity contribution >= 4 is 24.0 Å². The Balaban J connectivity index is 2.23. The van der Waals surface area contributed by atoms with Gasteiger partial charge in [0.05, 0.1) is 12.1 Å². The molecule has 1 saturated carbocycles. The van der Waals surface area contributed by atoms with Crippen LogP contribution in [0.25, 0.3) is 0 Å². The number of nitrogens with zero attached hydrogens (tertiary/aromatic N) is 1. The topological polar surface area (TPSA) is 140 Å². The van der Waals surface area contributed by atoms with E-state index in [9.17, 15) is 37.6 Å². The van der Waals surface area contributed by atoms with Crippen molar-refractivity contribution in [2.45, 2.75) is 110 Å². The van der Waals surface area contributed by atoms with Crippen molar-refractivity contribution in [2.75, 3.05) is 6.54 Å². The molecule has 1 heterocycles. The van der Waals surface area contributed by atoms with Gasteiger partial charge in [-0.3, -0.25) is 19.7 Å². The van der Waals surface area contributed by atoms with Crippen molar-refractivity contribution in [1.82, 2.24) is 21.3 Å². The molecule has 1 aliphatic carbocycles. The standard InChI is InChI=1S/C27H42F3N5O4/c1-23(2,3)19(33-22(39)27(28,29)30)21(38)35-26(15-36,12-17-11-24(17,4)5)14-32-18(13-31)10-16-8-9-25(6,7)34-20(16)37/h15-19,32H,8-12,14H2,1-7H3,(H,33,39)(H,34,37)(H,35,38). The molecular formula is C27H42F3N5O4. The quantitative estimate of drug-likeness (QED) is 0.288. The van der Waals surface area contributed by atoms with Gasteiger partial charge in [0.25, 0.3) is 0 Å². The van der Waals surface area contributed by atoms with Crippen LogP contribution in [0.3, 0.4) is 0 Å². The molecular weight excluding hydrogens is 515 g/mol. The average Bonchev–Trinajstić information content (AvgIpc) is 3.38. The van der Waals surface area contributed by atoms with E-state index < -0.39 is 46.9 Å². The van der Waals surface area contributed by atoms with Crippen LogP contribution >= 0.6 is 0 Å². The maximum Gasteiger partial charge on any atom is 0.471 e. The molecule has 39 heavy (non-hydrogen) atoms. The predicted molar refractivity (Wildman–Crippen MR) is 138 cm³/mol. The lowest BCUT2D eigenvalue weighted by Gasteiger charge is -2.37. The Morgan fingerprint density at radius 3 is 2.23 bits per heavy atom. The summed E-state index contributed by atoms with van der Waals surface area (Å²) in [5.74, 6) is -3.70. The molecule has 0 radical (unpaired) electrons. The van der Waals surface area contributed by atoms with Crippen LogP contribution < -0.4 is 21.3 Å². The lowest BCUT2D eigenvalue weighted by molar-refractivity contribution is -0.175. The van der Waals surface area contributed by atoms with E-state index in [2.05, 4.69) is 22.0 Å². The molecule has 2 aliphatic rings. The van der Waals surface area contributed by atoms with Gasteiger partial charge in [0.1, 0.15) is 17.9 Å². The van der Waals surface area contributed by atoms with Gasteiger partial charge < -0.3 is 20.7 Å². The third kappa shape index (κ3) is 8.92. The van der Waals surface area contributed by atoms with Crippen molar-refractivity contribution in [2.24, 2.45) is 22.7 Å². The molecule has 2 rings (SSSR count). The first-order valence-corrected chi connectivity index (χ1v) is 13.3. The molecule has 0 aromatic heterocycles. The SMILES string of the molecule is CC1(C)CCC(CC(C#N)NCC(C=O)(CC2CC2(C)C)NC(=O)C(NC(=O)C(F)(F)F)C(C)(C)C)C(=O)N1. The van der Waals surface area contributed by atoms with Crippen molar-refractivity contribution in [1.29, 1.82) is 5.26 Å². The van der Waals surface area contributed by atoms with Crippen molar-refractivity contribution < 1.29 is 32.3 Å². The molecule has 2 fully saturated rings. The zero-order valence-electron chi connectivity index (χ0n) is 23.8. The minimum absolute atomic E-state index is 0.0505. The normalized spacial score (nSPS) is 25.2. The highest BCUT2D eigenvalue weighted by Crippen LogP contribution is 2.55. The van der Waals surface area contributed by atoms with E-state index in [1.54, 1.807) is 5.32 Å². The lowest BCUT2D eigenvalue weighted by atomic mass is 9.83. The van der Waals surface area contributed by atoms with Crippen LogP contribution in [-0.4, -0.2) is 59.9 Å². The molecule has 1 saturated heterocycles. The smallest absolute Gasteiger partial charge is 0.351 e. The second-order valence-electron chi connectivity index (χ2n) is 13.5. The van der Waals surface area contributed by atoms with E-state index in [0.717, 1.165) is 12.8 Å². The van der Waals surface area contributed by atoms with Gasteiger partial charge in [0.15, 0.2) is 0 Å². The van der Waals surface area contributed by atoms with Crippen LogP contribution in [0.1, 0.15) is 80.6 Å². The summed E-state index contributed by atoms with van der Waals surface area (Å²) < 4.78 is 38.9. The van der Waals surface area contributed by atoms with Crippen LogP contribution in [-0.2, 0) is 19.2 Å². The van der Waals surface area contributed by atoms with Crippen LogP contribution in [0, 0.1) is 34.0 Å². The first-order valence-electron chi connectivity index (χ1n) is 13.3. The number of amides is 3. The predicted octanol–water partition coefficient (Wildman–Crippen LogP) is 2.75. The van der Waals surface area contributed by atoms with Crippen LogP contribution in [0.15, 0.2) is 0 Å². The fraction of sp³-hybridized carbons (Fsp3) is 0.815. The Morgan fingerprint density at radius 2 is 1.79 bits per heavy atom. The second kappa shape index (κ2) is 11.4. The molecule has 5 unspecified atom stereocenters. The molecule has 220 valence electrons. The first-order chi connectivity index (χ1) is 17.6. The Morgan fingerprint density at radius 1 is 1.21 bits per heavy atom. The number of aldehydes is 1. The summed E-state index contributed by atoms with van der Waals surface area (Å²) in [7, 11) is 0. The van der Waals surface area contributed by atoms with E-state index in [4.69, 9.17) is 0 Å². The van der Waals surface area contributed by atoms with Gasteiger partial charge in [-0.1, -0.05) is 34.6 Å². The minimum Gasteiger partial charge on any atom is -0.351 e. The van der Waals surface area contributed by atoms with Gasteiger partial charge in [0.2, 0.25) is 11.8 Å². The zero-order chi connectivity index (χ0) is 30.0. The first kappa shape index (κ1) is 32.5. The van der Waals surface area contributed by atoms with E-state index >= 15 is 0 Å². The third-order valence-corrected chi connectivity index (χ3v) is 7.88. The molecule has 3 amide bonds. The van der Waals surface area contributed by atoms with Gasteiger partial charge in [-0.15, -0.1) is 0 Å². The molecule has 9 nitrogen and oxygen atoms in total. The molecule has 4 N–H and O–H groups in total. The number of nitrogens with one attached hydrogen (secondary N) is 4. The number of hydrogen-bond donors (Lipinski definition) is 4. The fourth-order valence-corrected chi connectivity index (χ4v) is 5.02. The Bertz CT molecular complexity index is 999. The van der Waals surface area contributed by atoms with E-state index in [0.29, 0.717) is 12.7 Å². The molecule has 1 aliphatic heterocycles. The summed E-state index contributed by atoms with van der Waals surface area (Å²) in [6.07, 6.45) is -2.13. The monoisotopic (exact) mass is 557 g/mol. The fourth-order valence-electron chi connectivity index (χ4n) is 5.02. The molecule has 12 heteroatoms. The summed E-state index contributed by atoms with van der Waals surface area (Å²) in [6, 6.07) is -0.282. The number of halogens is 3. The number of carbonyl (C=O) groups is 4. The number of alkyl halides is 3. The maximum absolute atomic E-state index is 13.3. The average molecular weight is 558 g/mol. The molecule has 0 aromatic rings. The van der Waals surface area contributed by atoms with Gasteiger partial charge in [-0.25, -0.2) is 0 Å². The molecule has 5 atom stereocenters. The van der Waals surface area contributed by atoms with E-state index in [-0.39, 0.29) is 42.2 Å². The second-order valence-corrected chi connectivity index (χ2v) is 13.5. The highest BCUT2D eigenvalue weighted by Gasteiger charge is 2.51. The van der Waals surface area contributed by atoms with Gasteiger partial charge in [-0.2, -0.15) is 18.4 Å². The number of carbonyl (C=O) groups excluding carboxylic acids is 4. The summed E-state index contributed by atoms with van der Waals surface area (Å²) in [5, 5.41) is 20.1. The maximum atomic E-state index is 13.3. The minimum atomic E-state index is -5.19. The summed E-state index contributed by atoms with van der Waals surface area (Å²) in [4.78, 5) is 50.1. The summed E-state index contributed by atoms with van der Waals surface area (Å²) in [6.45, 7) is 12.2. The Labute approximate surface area is 228 Å². The lowest BCUT2D eigenvalue weighted by Crippen LogP contribution is -2.64. The van der Waals surface area contributed by atoms with Gasteiger partial charge in [0, 0.05) is 18.0 Å². The largest absolute Gasteiger partial charge is 0.471 e. The zero-order valence-corrected chi connectivity index (χ0v) is 23.8.